The zero-order chi connectivity index (χ0) is 11.6. The molecule has 1 N–H and O–H groups in total. The van der Waals surface area contributed by atoms with Crippen molar-refractivity contribution in [3.8, 4) is 0 Å². The van der Waals surface area contributed by atoms with Gasteiger partial charge in [0.05, 0.1) is 12.7 Å². The maximum absolute atomic E-state index is 8.90. The number of hydrogen-bond acceptors (Lipinski definition) is 3. The van der Waals surface area contributed by atoms with Crippen molar-refractivity contribution in [2.75, 3.05) is 13.2 Å². The summed E-state index contributed by atoms with van der Waals surface area (Å²) in [6.07, 6.45) is 9.52. The normalized spacial score (nSPS) is 25.1. The van der Waals surface area contributed by atoms with Crippen LogP contribution in [0.1, 0.15) is 58.3 Å². The molecule has 0 aliphatic carbocycles. The van der Waals surface area contributed by atoms with E-state index in [0.29, 0.717) is 0 Å². The molecule has 16 heavy (non-hydrogen) atoms. The summed E-state index contributed by atoms with van der Waals surface area (Å²) in [7, 11) is 0. The van der Waals surface area contributed by atoms with Crippen molar-refractivity contribution in [1.82, 2.24) is 0 Å². The molecule has 1 fully saturated rings. The highest BCUT2D eigenvalue weighted by atomic mass is 16.7. The van der Waals surface area contributed by atoms with Crippen molar-refractivity contribution in [3.63, 3.8) is 0 Å². The van der Waals surface area contributed by atoms with Gasteiger partial charge in [0.25, 0.3) is 0 Å². The molecule has 0 spiro atoms. The van der Waals surface area contributed by atoms with Gasteiger partial charge in [-0.1, -0.05) is 39.0 Å². The van der Waals surface area contributed by atoms with E-state index in [2.05, 4.69) is 6.92 Å². The van der Waals surface area contributed by atoms with E-state index < -0.39 is 0 Å². The first-order valence-electron chi connectivity index (χ1n) is 6.74. The fraction of sp³-hybridized carbons (Fsp3) is 1.00. The quantitative estimate of drug-likeness (QED) is 0.619. The lowest BCUT2D eigenvalue weighted by Gasteiger charge is -2.12. The summed E-state index contributed by atoms with van der Waals surface area (Å²) in [6.45, 7) is 3.16. The Morgan fingerprint density at radius 1 is 1.12 bits per heavy atom. The Kier molecular flexibility index (Phi) is 7.81. The molecule has 0 saturated carbocycles. The fourth-order valence-corrected chi connectivity index (χ4v) is 2.03. The maximum atomic E-state index is 8.90. The van der Waals surface area contributed by atoms with Crippen LogP contribution in [0.2, 0.25) is 0 Å². The number of rotatable bonds is 9. The van der Waals surface area contributed by atoms with E-state index in [1.807, 2.05) is 0 Å². The molecule has 2 atom stereocenters. The number of aliphatic hydroxyl groups is 1. The molecular formula is C13H26O3. The predicted molar refractivity (Wildman–Crippen MR) is 64.3 cm³/mol. The number of aliphatic hydroxyl groups excluding tert-OH is 1. The van der Waals surface area contributed by atoms with Gasteiger partial charge in [0.2, 0.25) is 0 Å². The van der Waals surface area contributed by atoms with Gasteiger partial charge in [-0.05, 0) is 12.8 Å². The molecule has 1 heterocycles. The maximum Gasteiger partial charge on any atom is 0.158 e. The van der Waals surface area contributed by atoms with Crippen LogP contribution in [0.15, 0.2) is 0 Å². The highest BCUT2D eigenvalue weighted by Gasteiger charge is 2.24. The molecule has 0 bridgehead atoms. The first-order chi connectivity index (χ1) is 7.86. The number of ether oxygens (including phenoxy) is 2. The zero-order valence-corrected chi connectivity index (χ0v) is 10.5. The SMILES string of the molecule is CCCCCCCCO[C@@H]1CC[C@H](CO)O1. The van der Waals surface area contributed by atoms with Gasteiger partial charge in [-0.3, -0.25) is 0 Å². The standard InChI is InChI=1S/C13H26O3/c1-2-3-4-5-6-7-10-15-13-9-8-12(11-14)16-13/h12-14H,2-11H2,1H3/t12-,13+/m1/s1. The molecule has 1 aliphatic heterocycles. The first-order valence-corrected chi connectivity index (χ1v) is 6.74. The summed E-state index contributed by atoms with van der Waals surface area (Å²) >= 11 is 0. The Balaban J connectivity index is 1.84. The third-order valence-corrected chi connectivity index (χ3v) is 3.07. The molecule has 0 radical (unpaired) electrons. The van der Waals surface area contributed by atoms with Gasteiger partial charge >= 0.3 is 0 Å². The van der Waals surface area contributed by atoms with Gasteiger partial charge < -0.3 is 14.6 Å². The van der Waals surface area contributed by atoms with Gasteiger partial charge in [0, 0.05) is 13.0 Å². The third kappa shape index (κ3) is 5.83. The molecule has 0 amide bonds. The van der Waals surface area contributed by atoms with Crippen LogP contribution < -0.4 is 0 Å². The Labute approximate surface area is 99.1 Å². The smallest absolute Gasteiger partial charge is 0.158 e. The van der Waals surface area contributed by atoms with Gasteiger partial charge in [-0.2, -0.15) is 0 Å². The Hall–Kier alpha value is -0.120. The minimum Gasteiger partial charge on any atom is -0.394 e. The molecule has 3 heteroatoms. The highest BCUT2D eigenvalue weighted by Crippen LogP contribution is 2.20. The van der Waals surface area contributed by atoms with E-state index in [-0.39, 0.29) is 19.0 Å². The molecule has 0 aromatic heterocycles. The van der Waals surface area contributed by atoms with Crippen molar-refractivity contribution < 1.29 is 14.6 Å². The monoisotopic (exact) mass is 230 g/mol. The number of unbranched alkanes of at least 4 members (excludes halogenated alkanes) is 5. The van der Waals surface area contributed by atoms with Crippen molar-refractivity contribution in [2.24, 2.45) is 0 Å². The second kappa shape index (κ2) is 8.97. The molecule has 0 aromatic rings. The lowest BCUT2D eigenvalue weighted by molar-refractivity contribution is -0.140. The molecule has 96 valence electrons. The molecule has 0 unspecified atom stereocenters. The highest BCUT2D eigenvalue weighted by molar-refractivity contribution is 4.66. The van der Waals surface area contributed by atoms with Crippen LogP contribution in [0, 0.1) is 0 Å². The van der Waals surface area contributed by atoms with Crippen molar-refractivity contribution >= 4 is 0 Å². The van der Waals surface area contributed by atoms with E-state index >= 15 is 0 Å². The first kappa shape index (κ1) is 13.9. The van der Waals surface area contributed by atoms with E-state index in [0.717, 1.165) is 25.9 Å². The summed E-state index contributed by atoms with van der Waals surface area (Å²) in [5.74, 6) is 0. The summed E-state index contributed by atoms with van der Waals surface area (Å²) in [4.78, 5) is 0. The summed E-state index contributed by atoms with van der Waals surface area (Å²) in [5, 5.41) is 8.90. The Morgan fingerprint density at radius 3 is 2.56 bits per heavy atom. The second-order valence-electron chi connectivity index (χ2n) is 4.59. The van der Waals surface area contributed by atoms with Crippen LogP contribution in [0.3, 0.4) is 0 Å². The topological polar surface area (TPSA) is 38.7 Å². The summed E-state index contributed by atoms with van der Waals surface area (Å²) in [5.41, 5.74) is 0. The molecule has 3 nitrogen and oxygen atoms in total. The summed E-state index contributed by atoms with van der Waals surface area (Å²) in [6, 6.07) is 0. The average molecular weight is 230 g/mol. The fourth-order valence-electron chi connectivity index (χ4n) is 2.03. The lowest BCUT2D eigenvalue weighted by atomic mass is 10.1. The lowest BCUT2D eigenvalue weighted by Crippen LogP contribution is -2.17. The van der Waals surface area contributed by atoms with Crippen LogP contribution in [0.25, 0.3) is 0 Å². The molecule has 1 aliphatic rings. The molecular weight excluding hydrogens is 204 g/mol. The van der Waals surface area contributed by atoms with Crippen LogP contribution in [0.5, 0.6) is 0 Å². The van der Waals surface area contributed by atoms with E-state index in [1.54, 1.807) is 0 Å². The molecule has 1 saturated heterocycles. The van der Waals surface area contributed by atoms with E-state index in [9.17, 15) is 0 Å². The van der Waals surface area contributed by atoms with Gasteiger partial charge in [0.15, 0.2) is 6.29 Å². The van der Waals surface area contributed by atoms with Crippen LogP contribution in [-0.2, 0) is 9.47 Å². The van der Waals surface area contributed by atoms with E-state index in [4.69, 9.17) is 14.6 Å². The summed E-state index contributed by atoms with van der Waals surface area (Å²) < 4.78 is 11.1. The van der Waals surface area contributed by atoms with Gasteiger partial charge in [-0.25, -0.2) is 0 Å². The van der Waals surface area contributed by atoms with Crippen LogP contribution >= 0.6 is 0 Å². The minimum absolute atomic E-state index is 0.00885. The largest absolute Gasteiger partial charge is 0.394 e. The molecule has 1 rings (SSSR count). The minimum atomic E-state index is -0.0622. The zero-order valence-electron chi connectivity index (χ0n) is 10.5. The molecule has 0 aromatic carbocycles. The van der Waals surface area contributed by atoms with Crippen molar-refractivity contribution in [2.45, 2.75) is 70.7 Å². The van der Waals surface area contributed by atoms with E-state index in [1.165, 1.54) is 32.1 Å². The van der Waals surface area contributed by atoms with Crippen LogP contribution in [0.4, 0.5) is 0 Å². The van der Waals surface area contributed by atoms with Crippen molar-refractivity contribution in [1.29, 1.82) is 0 Å². The Morgan fingerprint density at radius 2 is 1.88 bits per heavy atom. The average Bonchev–Trinajstić information content (AvgIpc) is 2.76. The van der Waals surface area contributed by atoms with Crippen LogP contribution in [-0.4, -0.2) is 30.7 Å². The second-order valence-corrected chi connectivity index (χ2v) is 4.59. The Bertz CT molecular complexity index is 161. The predicted octanol–water partition coefficient (Wildman–Crippen LogP) is 2.86. The third-order valence-electron chi connectivity index (χ3n) is 3.07. The van der Waals surface area contributed by atoms with Crippen molar-refractivity contribution in [3.05, 3.63) is 0 Å². The van der Waals surface area contributed by atoms with Gasteiger partial charge in [-0.15, -0.1) is 0 Å². The van der Waals surface area contributed by atoms with Gasteiger partial charge in [0.1, 0.15) is 0 Å². The number of hydrogen-bond donors (Lipinski definition) is 1.